The molecule has 19 heavy (non-hydrogen) atoms. The Bertz CT molecular complexity index is 443. The highest BCUT2D eigenvalue weighted by Crippen LogP contribution is 2.23. The first-order chi connectivity index (χ1) is 8.88. The van der Waals surface area contributed by atoms with Gasteiger partial charge < -0.3 is 10.4 Å². The molecule has 1 atom stereocenters. The minimum absolute atomic E-state index is 0.00574. The van der Waals surface area contributed by atoms with E-state index in [1.165, 1.54) is 24.3 Å². The van der Waals surface area contributed by atoms with Gasteiger partial charge in [-0.2, -0.15) is 0 Å². The smallest absolute Gasteiger partial charge is 0.303 e. The third-order valence-corrected chi connectivity index (χ3v) is 2.64. The molecule has 0 radical (unpaired) electrons. The lowest BCUT2D eigenvalue weighted by molar-refractivity contribution is -0.137. The number of benzene rings is 1. The molecule has 0 aliphatic carbocycles. The van der Waals surface area contributed by atoms with Gasteiger partial charge in [0, 0.05) is 18.4 Å². The fourth-order valence-electron chi connectivity index (χ4n) is 1.86. The maximum atomic E-state index is 12.9. The summed E-state index contributed by atoms with van der Waals surface area (Å²) in [5.74, 6) is -2.02. The summed E-state index contributed by atoms with van der Waals surface area (Å²) in [5.41, 5.74) is 0.655. The Hall–Kier alpha value is -1.91. The van der Waals surface area contributed by atoms with Gasteiger partial charge in [0.15, 0.2) is 0 Å². The highest BCUT2D eigenvalue weighted by Gasteiger charge is 2.19. The Morgan fingerprint density at radius 1 is 1.21 bits per heavy atom. The number of carboxylic acids is 1. The van der Waals surface area contributed by atoms with Crippen molar-refractivity contribution < 1.29 is 19.1 Å². The summed E-state index contributed by atoms with van der Waals surface area (Å²) in [6.07, 6.45) is -0.0761. The van der Waals surface area contributed by atoms with Crippen LogP contribution in [0, 0.1) is 5.82 Å². The summed E-state index contributed by atoms with van der Waals surface area (Å²) in [4.78, 5) is 22.6. The second kappa shape index (κ2) is 6.87. The average Bonchev–Trinajstić information content (AvgIpc) is 2.27. The maximum Gasteiger partial charge on any atom is 0.303 e. The van der Waals surface area contributed by atoms with Crippen molar-refractivity contribution in [2.45, 2.75) is 38.6 Å². The summed E-state index contributed by atoms with van der Waals surface area (Å²) in [6, 6.07) is 5.58. The zero-order valence-corrected chi connectivity index (χ0v) is 11.0. The van der Waals surface area contributed by atoms with Crippen molar-refractivity contribution in [2.75, 3.05) is 0 Å². The lowest BCUT2D eigenvalue weighted by Crippen LogP contribution is -2.31. The van der Waals surface area contributed by atoms with Crippen LogP contribution >= 0.6 is 0 Å². The van der Waals surface area contributed by atoms with Crippen LogP contribution in [0.1, 0.15) is 38.2 Å². The normalized spacial score (nSPS) is 12.2. The molecule has 4 nitrogen and oxygen atoms in total. The average molecular weight is 267 g/mol. The molecule has 1 aromatic carbocycles. The van der Waals surface area contributed by atoms with E-state index in [0.29, 0.717) is 5.56 Å². The molecule has 0 fully saturated rings. The Morgan fingerprint density at radius 3 is 2.26 bits per heavy atom. The summed E-state index contributed by atoms with van der Waals surface area (Å²) in [6.45, 7) is 3.67. The number of hydrogen-bond donors (Lipinski definition) is 2. The molecule has 0 heterocycles. The molecule has 0 unspecified atom stereocenters. The predicted molar refractivity (Wildman–Crippen MR) is 69.3 cm³/mol. The summed E-state index contributed by atoms with van der Waals surface area (Å²) >= 11 is 0. The van der Waals surface area contributed by atoms with Crippen molar-refractivity contribution in [1.82, 2.24) is 5.32 Å². The molecule has 0 aliphatic heterocycles. The monoisotopic (exact) mass is 267 g/mol. The summed E-state index contributed by atoms with van der Waals surface area (Å²) in [5, 5.41) is 11.6. The fraction of sp³-hybridized carbons (Fsp3) is 0.429. The van der Waals surface area contributed by atoms with E-state index in [2.05, 4.69) is 5.32 Å². The van der Waals surface area contributed by atoms with Gasteiger partial charge in [0.05, 0.1) is 6.42 Å². The molecule has 1 aromatic rings. The van der Waals surface area contributed by atoms with Gasteiger partial charge in [-0.15, -0.1) is 0 Å². The number of rotatable bonds is 6. The van der Waals surface area contributed by atoms with Crippen LogP contribution in [0.4, 0.5) is 4.39 Å². The van der Waals surface area contributed by atoms with Crippen molar-refractivity contribution in [3.63, 3.8) is 0 Å². The van der Waals surface area contributed by atoms with Gasteiger partial charge in [0.1, 0.15) is 5.82 Å². The van der Waals surface area contributed by atoms with E-state index in [9.17, 15) is 14.0 Å². The van der Waals surface area contributed by atoms with Crippen molar-refractivity contribution >= 4 is 11.9 Å². The summed E-state index contributed by atoms with van der Waals surface area (Å²) in [7, 11) is 0. The van der Waals surface area contributed by atoms with Crippen LogP contribution in [0.2, 0.25) is 0 Å². The van der Waals surface area contributed by atoms with E-state index in [1.807, 2.05) is 13.8 Å². The lowest BCUT2D eigenvalue weighted by Gasteiger charge is -2.16. The van der Waals surface area contributed by atoms with E-state index in [-0.39, 0.29) is 30.6 Å². The highest BCUT2D eigenvalue weighted by molar-refractivity contribution is 5.78. The Kier molecular flexibility index (Phi) is 5.48. The van der Waals surface area contributed by atoms with Gasteiger partial charge in [0.2, 0.25) is 5.91 Å². The molecule has 0 bridgehead atoms. The van der Waals surface area contributed by atoms with Crippen LogP contribution in [0.15, 0.2) is 24.3 Å². The van der Waals surface area contributed by atoms with Crippen LogP contribution in [0.5, 0.6) is 0 Å². The van der Waals surface area contributed by atoms with Gasteiger partial charge in [0.25, 0.3) is 0 Å². The molecule has 2 N–H and O–H groups in total. The minimum atomic E-state index is -0.980. The van der Waals surface area contributed by atoms with E-state index in [1.54, 1.807) is 0 Å². The molecular formula is C14H18FNO3. The van der Waals surface area contributed by atoms with Gasteiger partial charge in [-0.05, 0) is 31.5 Å². The number of halogens is 1. The molecule has 0 aromatic heterocycles. The summed E-state index contributed by atoms with van der Waals surface area (Å²) < 4.78 is 12.9. The Labute approximate surface area is 111 Å². The van der Waals surface area contributed by atoms with E-state index in [4.69, 9.17) is 5.11 Å². The topological polar surface area (TPSA) is 66.4 Å². The van der Waals surface area contributed by atoms with Gasteiger partial charge in [-0.25, -0.2) is 4.39 Å². The van der Waals surface area contributed by atoms with E-state index in [0.717, 1.165) is 0 Å². The van der Waals surface area contributed by atoms with Crippen molar-refractivity contribution in [3.05, 3.63) is 35.6 Å². The number of carbonyl (C=O) groups excluding carboxylic acids is 1. The lowest BCUT2D eigenvalue weighted by atomic mass is 9.92. The molecule has 104 valence electrons. The number of amides is 1. The predicted octanol–water partition coefficient (Wildman–Crippen LogP) is 2.30. The molecule has 1 rings (SSSR count). The van der Waals surface area contributed by atoms with Crippen LogP contribution < -0.4 is 5.32 Å². The number of nitrogens with one attached hydrogen (secondary N) is 1. The quantitative estimate of drug-likeness (QED) is 0.831. The Morgan fingerprint density at radius 2 is 1.79 bits per heavy atom. The fourth-order valence-corrected chi connectivity index (χ4v) is 1.86. The zero-order chi connectivity index (χ0) is 14.4. The second-order valence-electron chi connectivity index (χ2n) is 4.77. The van der Waals surface area contributed by atoms with E-state index >= 15 is 0 Å². The van der Waals surface area contributed by atoms with Crippen LogP contribution in [-0.2, 0) is 9.59 Å². The first kappa shape index (κ1) is 15.1. The molecular weight excluding hydrogens is 249 g/mol. The maximum absolute atomic E-state index is 12.9. The van der Waals surface area contributed by atoms with Crippen LogP contribution in [0.3, 0.4) is 0 Å². The first-order valence-electron chi connectivity index (χ1n) is 6.15. The SMILES string of the molecule is CC(C)NC(=O)C[C@H](CC(=O)O)c1ccc(F)cc1. The van der Waals surface area contributed by atoms with Gasteiger partial charge in [-0.3, -0.25) is 9.59 Å². The molecule has 0 saturated heterocycles. The first-order valence-corrected chi connectivity index (χ1v) is 6.15. The third kappa shape index (κ3) is 5.50. The Balaban J connectivity index is 2.79. The second-order valence-corrected chi connectivity index (χ2v) is 4.77. The van der Waals surface area contributed by atoms with Crippen molar-refractivity contribution in [2.24, 2.45) is 0 Å². The van der Waals surface area contributed by atoms with E-state index < -0.39 is 11.9 Å². The molecule has 0 saturated carbocycles. The highest BCUT2D eigenvalue weighted by atomic mass is 19.1. The number of hydrogen-bond acceptors (Lipinski definition) is 2. The van der Waals surface area contributed by atoms with Crippen molar-refractivity contribution in [3.8, 4) is 0 Å². The van der Waals surface area contributed by atoms with Gasteiger partial charge >= 0.3 is 5.97 Å². The number of carboxylic acid groups (broad SMARTS) is 1. The third-order valence-electron chi connectivity index (χ3n) is 2.64. The van der Waals surface area contributed by atoms with Crippen LogP contribution in [-0.4, -0.2) is 23.0 Å². The minimum Gasteiger partial charge on any atom is -0.481 e. The van der Waals surface area contributed by atoms with Gasteiger partial charge in [-0.1, -0.05) is 12.1 Å². The zero-order valence-electron chi connectivity index (χ0n) is 11.0. The van der Waals surface area contributed by atoms with Crippen LogP contribution in [0.25, 0.3) is 0 Å². The number of aliphatic carboxylic acids is 1. The molecule has 0 spiro atoms. The molecule has 5 heteroatoms. The molecule has 1 amide bonds. The molecule has 0 aliphatic rings. The van der Waals surface area contributed by atoms with Crippen molar-refractivity contribution in [1.29, 1.82) is 0 Å². The standard InChI is InChI=1S/C14H18FNO3/c1-9(2)16-13(17)7-11(8-14(18)19)10-3-5-12(15)6-4-10/h3-6,9,11H,7-8H2,1-2H3,(H,16,17)(H,18,19)/t11-/m1/s1. The number of carbonyl (C=O) groups is 2. The largest absolute Gasteiger partial charge is 0.481 e.